The quantitative estimate of drug-likeness (QED) is 0.831. The Bertz CT molecular complexity index is 360. The van der Waals surface area contributed by atoms with Gasteiger partial charge in [0, 0.05) is 12.1 Å². The van der Waals surface area contributed by atoms with Gasteiger partial charge in [0.2, 0.25) is 0 Å². The SMILES string of the molecule is CC(C)(N)CNc1snc(Cl)c1C#N. The van der Waals surface area contributed by atoms with Crippen molar-refractivity contribution in [1.29, 1.82) is 5.26 Å². The second kappa shape index (κ2) is 4.13. The molecule has 76 valence electrons. The van der Waals surface area contributed by atoms with Gasteiger partial charge >= 0.3 is 0 Å². The summed E-state index contributed by atoms with van der Waals surface area (Å²) < 4.78 is 3.87. The van der Waals surface area contributed by atoms with E-state index in [4.69, 9.17) is 22.6 Å². The Morgan fingerprint density at radius 2 is 2.36 bits per heavy atom. The predicted molar refractivity (Wildman–Crippen MR) is 58.6 cm³/mol. The van der Waals surface area contributed by atoms with E-state index in [2.05, 4.69) is 9.69 Å². The van der Waals surface area contributed by atoms with Crippen LogP contribution in [0.1, 0.15) is 19.4 Å². The zero-order valence-corrected chi connectivity index (χ0v) is 9.54. The van der Waals surface area contributed by atoms with E-state index in [0.29, 0.717) is 17.1 Å². The van der Waals surface area contributed by atoms with Crippen LogP contribution in [0.25, 0.3) is 0 Å². The van der Waals surface area contributed by atoms with E-state index in [1.807, 2.05) is 19.9 Å². The van der Waals surface area contributed by atoms with Gasteiger partial charge in [-0.3, -0.25) is 0 Å². The van der Waals surface area contributed by atoms with Crippen molar-refractivity contribution in [3.05, 3.63) is 10.7 Å². The van der Waals surface area contributed by atoms with Gasteiger partial charge in [0.25, 0.3) is 0 Å². The first kappa shape index (κ1) is 11.2. The fourth-order valence-electron chi connectivity index (χ4n) is 0.796. The molecule has 1 rings (SSSR count). The lowest BCUT2D eigenvalue weighted by atomic mass is 10.1. The third-order valence-corrected chi connectivity index (χ3v) is 2.65. The number of nitriles is 1. The Morgan fingerprint density at radius 3 is 2.86 bits per heavy atom. The first-order chi connectivity index (χ1) is 6.44. The standard InChI is InChI=1S/C8H11ClN4S/c1-8(2,11)4-12-7-5(3-10)6(9)13-14-7/h12H,4,11H2,1-2H3. The Hall–Kier alpha value is -0.830. The lowest BCUT2D eigenvalue weighted by Gasteiger charge is -2.18. The molecule has 0 aliphatic heterocycles. The molecule has 0 unspecified atom stereocenters. The molecule has 0 fully saturated rings. The van der Waals surface area contributed by atoms with Crippen molar-refractivity contribution in [1.82, 2.24) is 4.37 Å². The molecule has 4 nitrogen and oxygen atoms in total. The molecule has 0 saturated heterocycles. The van der Waals surface area contributed by atoms with Crippen LogP contribution in [0.15, 0.2) is 0 Å². The molecule has 0 radical (unpaired) electrons. The third-order valence-electron chi connectivity index (χ3n) is 1.47. The van der Waals surface area contributed by atoms with Gasteiger partial charge in [0.15, 0.2) is 5.15 Å². The van der Waals surface area contributed by atoms with Crippen LogP contribution in [-0.4, -0.2) is 16.5 Å². The van der Waals surface area contributed by atoms with Crippen LogP contribution < -0.4 is 11.1 Å². The van der Waals surface area contributed by atoms with Gasteiger partial charge in [-0.15, -0.1) is 0 Å². The highest BCUT2D eigenvalue weighted by molar-refractivity contribution is 7.10. The van der Waals surface area contributed by atoms with Crippen molar-refractivity contribution in [2.45, 2.75) is 19.4 Å². The minimum atomic E-state index is -0.330. The topological polar surface area (TPSA) is 74.7 Å². The van der Waals surface area contributed by atoms with Crippen LogP contribution in [0, 0.1) is 11.3 Å². The van der Waals surface area contributed by atoms with E-state index in [1.165, 1.54) is 11.5 Å². The molecular formula is C8H11ClN4S. The normalized spacial score (nSPS) is 11.1. The molecule has 14 heavy (non-hydrogen) atoms. The summed E-state index contributed by atoms with van der Waals surface area (Å²) in [6, 6.07) is 1.99. The summed E-state index contributed by atoms with van der Waals surface area (Å²) in [5, 5.41) is 12.7. The van der Waals surface area contributed by atoms with Crippen molar-refractivity contribution in [2.24, 2.45) is 5.73 Å². The molecule has 0 aliphatic rings. The number of hydrogen-bond donors (Lipinski definition) is 2. The number of halogens is 1. The Labute approximate surface area is 91.8 Å². The maximum Gasteiger partial charge on any atom is 0.162 e. The summed E-state index contributed by atoms with van der Waals surface area (Å²) in [5.74, 6) is 0. The maximum atomic E-state index is 8.78. The Morgan fingerprint density at radius 1 is 1.71 bits per heavy atom. The highest BCUT2D eigenvalue weighted by atomic mass is 35.5. The Balaban J connectivity index is 2.74. The molecule has 0 aromatic carbocycles. The van der Waals surface area contributed by atoms with E-state index >= 15 is 0 Å². The number of nitrogens with zero attached hydrogens (tertiary/aromatic N) is 2. The summed E-state index contributed by atoms with van der Waals surface area (Å²) in [6.07, 6.45) is 0. The van der Waals surface area contributed by atoms with Crippen molar-refractivity contribution in [2.75, 3.05) is 11.9 Å². The minimum Gasteiger partial charge on any atom is -0.373 e. The molecular weight excluding hydrogens is 220 g/mol. The summed E-state index contributed by atoms with van der Waals surface area (Å²) in [7, 11) is 0. The van der Waals surface area contributed by atoms with Gasteiger partial charge in [-0.2, -0.15) is 9.64 Å². The van der Waals surface area contributed by atoms with Gasteiger partial charge in [-0.05, 0) is 25.4 Å². The van der Waals surface area contributed by atoms with Crippen LogP contribution in [0.5, 0.6) is 0 Å². The average Bonchev–Trinajstić information content (AvgIpc) is 2.41. The molecule has 0 saturated carbocycles. The molecule has 3 N–H and O–H groups in total. The van der Waals surface area contributed by atoms with Gasteiger partial charge in [-0.25, -0.2) is 0 Å². The number of nitrogens with two attached hydrogens (primary N) is 1. The summed E-state index contributed by atoms with van der Waals surface area (Å²) in [5.41, 5.74) is 5.85. The first-order valence-electron chi connectivity index (χ1n) is 4.02. The van der Waals surface area contributed by atoms with E-state index in [-0.39, 0.29) is 10.7 Å². The van der Waals surface area contributed by atoms with E-state index in [9.17, 15) is 0 Å². The van der Waals surface area contributed by atoms with Gasteiger partial charge in [-0.1, -0.05) is 11.6 Å². The van der Waals surface area contributed by atoms with Crippen molar-refractivity contribution >= 4 is 28.1 Å². The van der Waals surface area contributed by atoms with Gasteiger partial charge in [0.1, 0.15) is 16.6 Å². The highest BCUT2D eigenvalue weighted by Gasteiger charge is 2.15. The number of rotatable bonds is 3. The smallest absolute Gasteiger partial charge is 0.162 e. The summed E-state index contributed by atoms with van der Waals surface area (Å²) in [6.45, 7) is 4.36. The molecule has 0 atom stereocenters. The lowest BCUT2D eigenvalue weighted by Crippen LogP contribution is -2.39. The van der Waals surface area contributed by atoms with Crippen molar-refractivity contribution in [3.63, 3.8) is 0 Å². The molecule has 0 spiro atoms. The van der Waals surface area contributed by atoms with Crippen LogP contribution in [-0.2, 0) is 0 Å². The predicted octanol–water partition coefficient (Wildman–Crippen LogP) is 1.82. The van der Waals surface area contributed by atoms with E-state index in [0.717, 1.165) is 0 Å². The summed E-state index contributed by atoms with van der Waals surface area (Å²) >= 11 is 6.87. The van der Waals surface area contributed by atoms with Crippen LogP contribution in [0.3, 0.4) is 0 Å². The molecule has 6 heteroatoms. The monoisotopic (exact) mass is 230 g/mol. The van der Waals surface area contributed by atoms with Gasteiger partial charge in [0.05, 0.1) is 0 Å². The number of hydrogen-bond acceptors (Lipinski definition) is 5. The molecule has 1 aromatic heterocycles. The number of nitrogens with one attached hydrogen (secondary N) is 1. The Kier molecular flexibility index (Phi) is 3.32. The second-order valence-electron chi connectivity index (χ2n) is 3.63. The van der Waals surface area contributed by atoms with Gasteiger partial charge < -0.3 is 11.1 Å². The van der Waals surface area contributed by atoms with Crippen molar-refractivity contribution in [3.8, 4) is 6.07 Å². The fourth-order valence-corrected chi connectivity index (χ4v) is 1.73. The highest BCUT2D eigenvalue weighted by Crippen LogP contribution is 2.27. The van der Waals surface area contributed by atoms with E-state index < -0.39 is 0 Å². The van der Waals surface area contributed by atoms with Crippen LogP contribution >= 0.6 is 23.1 Å². The summed E-state index contributed by atoms with van der Waals surface area (Å²) in [4.78, 5) is 0. The maximum absolute atomic E-state index is 8.78. The number of aromatic nitrogens is 1. The molecule has 0 amide bonds. The molecule has 0 bridgehead atoms. The average molecular weight is 231 g/mol. The zero-order chi connectivity index (χ0) is 10.8. The minimum absolute atomic E-state index is 0.245. The zero-order valence-electron chi connectivity index (χ0n) is 7.97. The molecule has 1 aromatic rings. The van der Waals surface area contributed by atoms with Crippen LogP contribution in [0.4, 0.5) is 5.00 Å². The first-order valence-corrected chi connectivity index (χ1v) is 5.17. The third kappa shape index (κ3) is 2.84. The fraction of sp³-hybridized carbons (Fsp3) is 0.500. The van der Waals surface area contributed by atoms with Crippen molar-refractivity contribution < 1.29 is 0 Å². The van der Waals surface area contributed by atoms with Crippen LogP contribution in [0.2, 0.25) is 5.15 Å². The largest absolute Gasteiger partial charge is 0.373 e. The molecule has 0 aliphatic carbocycles. The number of anilines is 1. The second-order valence-corrected chi connectivity index (χ2v) is 4.76. The lowest BCUT2D eigenvalue weighted by molar-refractivity contribution is 0.550. The molecule has 1 heterocycles. The van der Waals surface area contributed by atoms with E-state index in [1.54, 1.807) is 0 Å².